The number of anilines is 2. The smallest absolute Gasteiger partial charge is 0.219 e. The van der Waals surface area contributed by atoms with Gasteiger partial charge in [-0.25, -0.2) is 15.0 Å². The summed E-state index contributed by atoms with van der Waals surface area (Å²) in [6.45, 7) is 4.70. The summed E-state index contributed by atoms with van der Waals surface area (Å²) in [5, 5.41) is 0. The van der Waals surface area contributed by atoms with Gasteiger partial charge >= 0.3 is 0 Å². The number of pyridine rings is 2. The van der Waals surface area contributed by atoms with Crippen LogP contribution in [0.2, 0.25) is 0 Å². The minimum Gasteiger partial charge on any atom is -0.383 e. The summed E-state index contributed by atoms with van der Waals surface area (Å²) in [4.78, 5) is 30.5. The molecule has 3 aromatic heterocycles. The monoisotopic (exact) mass is 558 g/mol. The third kappa shape index (κ3) is 4.55. The van der Waals surface area contributed by atoms with E-state index in [4.69, 9.17) is 21.4 Å². The molecule has 1 aliphatic carbocycles. The molecule has 2 aromatic carbocycles. The first-order valence-corrected chi connectivity index (χ1v) is 14.5. The van der Waals surface area contributed by atoms with Gasteiger partial charge in [0.15, 0.2) is 11.5 Å². The van der Waals surface area contributed by atoms with Crippen LogP contribution in [-0.4, -0.2) is 56.5 Å². The molecule has 5 aromatic rings. The van der Waals surface area contributed by atoms with Gasteiger partial charge in [0.25, 0.3) is 0 Å². The number of amides is 1. The highest BCUT2D eigenvalue weighted by Gasteiger charge is 2.34. The zero-order valence-electron chi connectivity index (χ0n) is 23.7. The Hall–Kier alpha value is -4.76. The largest absolute Gasteiger partial charge is 0.383 e. The summed E-state index contributed by atoms with van der Waals surface area (Å²) in [7, 11) is 0. The van der Waals surface area contributed by atoms with Crippen LogP contribution in [0.5, 0.6) is 0 Å². The summed E-state index contributed by atoms with van der Waals surface area (Å²) >= 11 is 0. The quantitative estimate of drug-likeness (QED) is 0.320. The lowest BCUT2D eigenvalue weighted by Crippen LogP contribution is -2.48. The van der Waals surface area contributed by atoms with Gasteiger partial charge < -0.3 is 21.3 Å². The van der Waals surface area contributed by atoms with E-state index in [-0.39, 0.29) is 11.4 Å². The number of fused-ring (bicyclic) bond motifs is 1. The molecular weight excluding hydrogens is 524 g/mol. The normalized spacial score (nSPS) is 16.4. The number of aromatic nitrogens is 4. The summed E-state index contributed by atoms with van der Waals surface area (Å²) in [6, 6.07) is 24.7. The maximum atomic E-state index is 11.8. The Kier molecular flexibility index (Phi) is 6.39. The molecule has 1 amide bonds. The van der Waals surface area contributed by atoms with Crippen LogP contribution in [0.15, 0.2) is 79.0 Å². The summed E-state index contributed by atoms with van der Waals surface area (Å²) in [6.07, 6.45) is 4.86. The Bertz CT molecular complexity index is 1780. The van der Waals surface area contributed by atoms with Crippen molar-refractivity contribution >= 4 is 28.6 Å². The first-order valence-electron chi connectivity index (χ1n) is 14.5. The number of carbonyl (C=O) groups excluding carboxylic acids is 1. The van der Waals surface area contributed by atoms with Gasteiger partial charge in [-0.1, -0.05) is 24.3 Å². The van der Waals surface area contributed by atoms with Crippen LogP contribution >= 0.6 is 0 Å². The molecule has 0 radical (unpaired) electrons. The van der Waals surface area contributed by atoms with Crippen LogP contribution in [0, 0.1) is 0 Å². The molecule has 9 heteroatoms. The lowest BCUT2D eigenvalue weighted by Gasteiger charge is -2.38. The molecule has 42 heavy (non-hydrogen) atoms. The minimum absolute atomic E-state index is 0.130. The SMILES string of the molecule is CC(=O)N1CCN(c2cccc(-c3ccc4nc(-c5cccnc5N)n(-c5ccc(C6(N)CCC6)cc5)c4n3)c2)CC1. The highest BCUT2D eigenvalue weighted by molar-refractivity contribution is 5.85. The van der Waals surface area contributed by atoms with Gasteiger partial charge in [0.1, 0.15) is 11.3 Å². The second-order valence-electron chi connectivity index (χ2n) is 11.3. The topological polar surface area (TPSA) is 119 Å². The molecule has 7 rings (SSSR count). The van der Waals surface area contributed by atoms with Crippen molar-refractivity contribution in [2.75, 3.05) is 36.8 Å². The van der Waals surface area contributed by atoms with Crippen molar-refractivity contribution in [2.24, 2.45) is 5.73 Å². The highest BCUT2D eigenvalue weighted by Crippen LogP contribution is 2.39. The minimum atomic E-state index is -0.235. The number of benzene rings is 2. The molecule has 9 nitrogen and oxygen atoms in total. The van der Waals surface area contributed by atoms with E-state index < -0.39 is 0 Å². The summed E-state index contributed by atoms with van der Waals surface area (Å²) < 4.78 is 2.06. The standard InChI is InChI=1S/C33H34N8O/c1-22(42)39-17-19-40(20-18-39)26-6-2-5-23(21-26)28-12-13-29-32(37-28)41(31(38-29)27-7-3-16-36-30(27)34)25-10-8-24(9-11-25)33(35)14-4-15-33/h2-3,5-13,16,21H,4,14-15,17-20,35H2,1H3,(H2,34,36). The Labute approximate surface area is 244 Å². The lowest BCUT2D eigenvalue weighted by atomic mass is 9.73. The maximum Gasteiger partial charge on any atom is 0.219 e. The predicted molar refractivity (Wildman–Crippen MR) is 166 cm³/mol. The van der Waals surface area contributed by atoms with E-state index in [2.05, 4.69) is 63.0 Å². The fraction of sp³-hybridized carbons (Fsp3) is 0.273. The molecule has 0 bridgehead atoms. The van der Waals surface area contributed by atoms with Crippen LogP contribution in [0.3, 0.4) is 0 Å². The van der Waals surface area contributed by atoms with Crippen molar-refractivity contribution < 1.29 is 4.79 Å². The second kappa shape index (κ2) is 10.3. The molecule has 4 N–H and O–H groups in total. The van der Waals surface area contributed by atoms with Gasteiger partial charge in [-0.05, 0) is 73.4 Å². The number of piperazine rings is 1. The molecule has 1 saturated heterocycles. The molecule has 1 aliphatic heterocycles. The molecule has 0 spiro atoms. The molecule has 1 saturated carbocycles. The van der Waals surface area contributed by atoms with Crippen molar-refractivity contribution in [3.63, 3.8) is 0 Å². The van der Waals surface area contributed by atoms with E-state index in [0.29, 0.717) is 11.6 Å². The van der Waals surface area contributed by atoms with Crippen LogP contribution in [0.25, 0.3) is 39.5 Å². The number of nitrogens with zero attached hydrogens (tertiary/aromatic N) is 6. The Morgan fingerprint density at radius 1 is 0.881 bits per heavy atom. The maximum absolute atomic E-state index is 11.8. The Morgan fingerprint density at radius 3 is 2.36 bits per heavy atom. The van der Waals surface area contributed by atoms with Crippen molar-refractivity contribution in [3.8, 4) is 28.3 Å². The van der Waals surface area contributed by atoms with Crippen LogP contribution in [0.4, 0.5) is 11.5 Å². The summed E-state index contributed by atoms with van der Waals surface area (Å²) in [5.74, 6) is 1.24. The molecule has 212 valence electrons. The number of carbonyl (C=O) groups is 1. The van der Waals surface area contributed by atoms with E-state index in [0.717, 1.165) is 90.4 Å². The first kappa shape index (κ1) is 26.2. The highest BCUT2D eigenvalue weighted by atomic mass is 16.2. The Morgan fingerprint density at radius 2 is 1.67 bits per heavy atom. The van der Waals surface area contributed by atoms with Gasteiger partial charge in [0.2, 0.25) is 5.91 Å². The fourth-order valence-corrected chi connectivity index (χ4v) is 6.08. The van der Waals surface area contributed by atoms with Gasteiger partial charge in [-0.15, -0.1) is 0 Å². The molecule has 2 aliphatic rings. The average Bonchev–Trinajstić information content (AvgIpc) is 3.39. The van der Waals surface area contributed by atoms with Crippen molar-refractivity contribution in [1.82, 2.24) is 24.4 Å². The van der Waals surface area contributed by atoms with Crippen LogP contribution in [0.1, 0.15) is 31.7 Å². The van der Waals surface area contributed by atoms with Gasteiger partial charge in [0.05, 0.1) is 11.3 Å². The van der Waals surface area contributed by atoms with E-state index >= 15 is 0 Å². The third-order valence-electron chi connectivity index (χ3n) is 8.76. The fourth-order valence-electron chi connectivity index (χ4n) is 6.08. The Balaban J connectivity index is 1.30. The zero-order valence-corrected chi connectivity index (χ0v) is 23.7. The molecule has 2 fully saturated rings. The van der Waals surface area contributed by atoms with E-state index in [1.165, 1.54) is 0 Å². The van der Waals surface area contributed by atoms with E-state index in [1.807, 2.05) is 29.2 Å². The van der Waals surface area contributed by atoms with Gasteiger partial charge in [-0.3, -0.25) is 9.36 Å². The molecule has 0 unspecified atom stereocenters. The second-order valence-corrected chi connectivity index (χ2v) is 11.3. The predicted octanol–water partition coefficient (Wildman–Crippen LogP) is 4.74. The molecule has 4 heterocycles. The van der Waals surface area contributed by atoms with Crippen molar-refractivity contribution in [3.05, 3.63) is 84.6 Å². The van der Waals surface area contributed by atoms with E-state index in [9.17, 15) is 4.79 Å². The first-order chi connectivity index (χ1) is 20.4. The third-order valence-corrected chi connectivity index (χ3v) is 8.76. The zero-order chi connectivity index (χ0) is 28.8. The molecule has 0 atom stereocenters. The van der Waals surface area contributed by atoms with Gasteiger partial charge in [0, 0.05) is 61.8 Å². The number of imidazole rings is 1. The van der Waals surface area contributed by atoms with Crippen LogP contribution in [-0.2, 0) is 10.3 Å². The number of rotatable bonds is 5. The van der Waals surface area contributed by atoms with E-state index in [1.54, 1.807) is 13.1 Å². The number of hydrogen-bond acceptors (Lipinski definition) is 7. The number of nitrogens with two attached hydrogens (primary N) is 2. The number of nitrogen functional groups attached to an aromatic ring is 1. The van der Waals surface area contributed by atoms with Crippen LogP contribution < -0.4 is 16.4 Å². The molecular formula is C33H34N8O. The van der Waals surface area contributed by atoms with Crippen molar-refractivity contribution in [1.29, 1.82) is 0 Å². The van der Waals surface area contributed by atoms with Gasteiger partial charge in [-0.2, -0.15) is 0 Å². The summed E-state index contributed by atoms with van der Waals surface area (Å²) in [5.41, 5.74) is 20.1. The lowest BCUT2D eigenvalue weighted by molar-refractivity contribution is -0.129. The van der Waals surface area contributed by atoms with Crippen molar-refractivity contribution in [2.45, 2.75) is 31.7 Å². The number of hydrogen-bond donors (Lipinski definition) is 2. The average molecular weight is 559 g/mol.